The van der Waals surface area contributed by atoms with Gasteiger partial charge in [-0.05, 0) is 50.0 Å². The lowest BCUT2D eigenvalue weighted by molar-refractivity contribution is 0.282. The zero-order valence-electron chi connectivity index (χ0n) is 13.2. The summed E-state index contributed by atoms with van der Waals surface area (Å²) in [6.45, 7) is 10.6. The molecule has 1 heteroatoms. The van der Waals surface area contributed by atoms with Crippen LogP contribution in [0.15, 0.2) is 0 Å². The van der Waals surface area contributed by atoms with Crippen LogP contribution in [-0.4, -0.2) is 12.6 Å². The molecule has 1 aliphatic rings. The second-order valence-corrected chi connectivity index (χ2v) is 7.41. The van der Waals surface area contributed by atoms with Crippen molar-refractivity contribution in [3.8, 4) is 0 Å². The first kappa shape index (κ1) is 16.0. The van der Waals surface area contributed by atoms with E-state index in [0.717, 1.165) is 12.0 Å². The summed E-state index contributed by atoms with van der Waals surface area (Å²) in [5.74, 6) is 0.946. The Morgan fingerprint density at radius 3 is 2.44 bits per heavy atom. The van der Waals surface area contributed by atoms with Crippen molar-refractivity contribution in [2.24, 2.45) is 11.3 Å². The van der Waals surface area contributed by atoms with E-state index < -0.39 is 0 Å². The largest absolute Gasteiger partial charge is 0.314 e. The Morgan fingerprint density at radius 2 is 1.78 bits per heavy atom. The number of rotatable bonds is 6. The Bertz CT molecular complexity index is 204. The van der Waals surface area contributed by atoms with Gasteiger partial charge in [0, 0.05) is 6.04 Å². The summed E-state index contributed by atoms with van der Waals surface area (Å²) in [5, 5.41) is 3.81. The molecular weight excluding hydrogens is 218 g/mol. The van der Waals surface area contributed by atoms with E-state index in [1.54, 1.807) is 0 Å². The molecule has 0 saturated heterocycles. The van der Waals surface area contributed by atoms with Gasteiger partial charge in [0.05, 0.1) is 0 Å². The van der Waals surface area contributed by atoms with Crippen molar-refractivity contribution in [2.75, 3.05) is 6.54 Å². The Balaban J connectivity index is 2.36. The average molecular weight is 253 g/mol. The SMILES string of the molecule is CCCNC1CCCCCC1CCCC(C)(C)C. The fourth-order valence-electron chi connectivity index (χ4n) is 3.22. The van der Waals surface area contributed by atoms with Crippen molar-refractivity contribution in [3.63, 3.8) is 0 Å². The van der Waals surface area contributed by atoms with Crippen LogP contribution in [0.4, 0.5) is 0 Å². The van der Waals surface area contributed by atoms with E-state index in [-0.39, 0.29) is 0 Å². The van der Waals surface area contributed by atoms with E-state index in [0.29, 0.717) is 5.41 Å². The van der Waals surface area contributed by atoms with Crippen LogP contribution in [0.5, 0.6) is 0 Å². The summed E-state index contributed by atoms with van der Waals surface area (Å²) in [4.78, 5) is 0. The first-order chi connectivity index (χ1) is 8.53. The molecule has 18 heavy (non-hydrogen) atoms. The first-order valence-corrected chi connectivity index (χ1v) is 8.26. The molecule has 1 fully saturated rings. The minimum absolute atomic E-state index is 0.511. The standard InChI is InChI=1S/C17H35N/c1-5-14-18-16-12-8-6-7-10-15(16)11-9-13-17(2,3)4/h15-16,18H,5-14H2,1-4H3. The highest BCUT2D eigenvalue weighted by molar-refractivity contribution is 4.80. The molecule has 1 rings (SSSR count). The van der Waals surface area contributed by atoms with Gasteiger partial charge in [-0.15, -0.1) is 0 Å². The Kier molecular flexibility index (Phi) is 7.29. The van der Waals surface area contributed by atoms with E-state index in [1.807, 2.05) is 0 Å². The molecule has 1 aliphatic carbocycles. The van der Waals surface area contributed by atoms with Gasteiger partial charge in [0.2, 0.25) is 0 Å². The molecular formula is C17H35N. The molecule has 2 unspecified atom stereocenters. The van der Waals surface area contributed by atoms with Crippen LogP contribution < -0.4 is 5.32 Å². The predicted octanol–water partition coefficient (Wildman–Crippen LogP) is 5.15. The highest BCUT2D eigenvalue weighted by atomic mass is 14.9. The van der Waals surface area contributed by atoms with Gasteiger partial charge < -0.3 is 5.32 Å². The third kappa shape index (κ3) is 6.78. The van der Waals surface area contributed by atoms with Crippen molar-refractivity contribution in [1.29, 1.82) is 0 Å². The lowest BCUT2D eigenvalue weighted by atomic mass is 9.84. The normalized spacial score (nSPS) is 26.0. The maximum Gasteiger partial charge on any atom is 0.00953 e. The fraction of sp³-hybridized carbons (Fsp3) is 1.00. The van der Waals surface area contributed by atoms with Gasteiger partial charge in [-0.2, -0.15) is 0 Å². The Hall–Kier alpha value is -0.0400. The fourth-order valence-corrected chi connectivity index (χ4v) is 3.22. The second kappa shape index (κ2) is 8.19. The molecule has 0 spiro atoms. The third-order valence-electron chi connectivity index (χ3n) is 4.32. The molecule has 1 saturated carbocycles. The van der Waals surface area contributed by atoms with Crippen LogP contribution in [0.2, 0.25) is 0 Å². The molecule has 0 radical (unpaired) electrons. The van der Waals surface area contributed by atoms with E-state index >= 15 is 0 Å². The van der Waals surface area contributed by atoms with Crippen LogP contribution in [0.1, 0.15) is 85.5 Å². The Labute approximate surface area is 115 Å². The topological polar surface area (TPSA) is 12.0 Å². The van der Waals surface area contributed by atoms with Gasteiger partial charge >= 0.3 is 0 Å². The monoisotopic (exact) mass is 253 g/mol. The van der Waals surface area contributed by atoms with Crippen LogP contribution in [-0.2, 0) is 0 Å². The molecule has 1 N–H and O–H groups in total. The lowest BCUT2D eigenvalue weighted by Crippen LogP contribution is -2.36. The lowest BCUT2D eigenvalue weighted by Gasteiger charge is -2.27. The molecule has 108 valence electrons. The van der Waals surface area contributed by atoms with Crippen LogP contribution in [0.25, 0.3) is 0 Å². The molecule has 0 aromatic rings. The van der Waals surface area contributed by atoms with Gasteiger partial charge in [0.25, 0.3) is 0 Å². The molecule has 0 aromatic heterocycles. The van der Waals surface area contributed by atoms with Crippen LogP contribution >= 0.6 is 0 Å². The van der Waals surface area contributed by atoms with Gasteiger partial charge in [-0.25, -0.2) is 0 Å². The average Bonchev–Trinajstić information content (AvgIpc) is 2.50. The summed E-state index contributed by atoms with van der Waals surface area (Å²) < 4.78 is 0. The van der Waals surface area contributed by atoms with E-state index in [4.69, 9.17) is 0 Å². The van der Waals surface area contributed by atoms with Crippen LogP contribution in [0.3, 0.4) is 0 Å². The van der Waals surface area contributed by atoms with Crippen molar-refractivity contribution < 1.29 is 0 Å². The van der Waals surface area contributed by atoms with Gasteiger partial charge in [-0.3, -0.25) is 0 Å². The minimum Gasteiger partial charge on any atom is -0.314 e. The molecule has 0 aliphatic heterocycles. The smallest absolute Gasteiger partial charge is 0.00953 e. The molecule has 0 amide bonds. The maximum atomic E-state index is 3.81. The van der Waals surface area contributed by atoms with Crippen molar-refractivity contribution in [1.82, 2.24) is 5.32 Å². The summed E-state index contributed by atoms with van der Waals surface area (Å²) in [7, 11) is 0. The van der Waals surface area contributed by atoms with Gasteiger partial charge in [-0.1, -0.05) is 53.4 Å². The molecule has 0 heterocycles. The van der Waals surface area contributed by atoms with Crippen molar-refractivity contribution in [2.45, 2.75) is 91.5 Å². The van der Waals surface area contributed by atoms with E-state index in [9.17, 15) is 0 Å². The predicted molar refractivity (Wildman–Crippen MR) is 82.0 cm³/mol. The maximum absolute atomic E-state index is 3.81. The molecule has 1 nitrogen and oxygen atoms in total. The second-order valence-electron chi connectivity index (χ2n) is 7.41. The summed E-state index contributed by atoms with van der Waals surface area (Å²) >= 11 is 0. The van der Waals surface area contributed by atoms with E-state index in [2.05, 4.69) is 33.0 Å². The number of hydrogen-bond acceptors (Lipinski definition) is 1. The zero-order chi connectivity index (χ0) is 13.4. The number of hydrogen-bond donors (Lipinski definition) is 1. The van der Waals surface area contributed by atoms with Gasteiger partial charge in [0.1, 0.15) is 0 Å². The molecule has 0 aromatic carbocycles. The third-order valence-corrected chi connectivity index (χ3v) is 4.32. The molecule has 0 bridgehead atoms. The highest BCUT2D eigenvalue weighted by Gasteiger charge is 2.23. The quantitative estimate of drug-likeness (QED) is 0.645. The summed E-state index contributed by atoms with van der Waals surface area (Å²) in [6, 6.07) is 0.812. The number of nitrogens with one attached hydrogen (secondary N) is 1. The van der Waals surface area contributed by atoms with E-state index in [1.165, 1.54) is 64.3 Å². The minimum atomic E-state index is 0.511. The Morgan fingerprint density at radius 1 is 1.06 bits per heavy atom. The first-order valence-electron chi connectivity index (χ1n) is 8.26. The zero-order valence-corrected chi connectivity index (χ0v) is 13.2. The van der Waals surface area contributed by atoms with Crippen LogP contribution in [0, 0.1) is 11.3 Å². The summed E-state index contributed by atoms with van der Waals surface area (Å²) in [5.41, 5.74) is 0.511. The summed E-state index contributed by atoms with van der Waals surface area (Å²) in [6.07, 6.45) is 12.7. The van der Waals surface area contributed by atoms with Gasteiger partial charge in [0.15, 0.2) is 0 Å². The highest BCUT2D eigenvalue weighted by Crippen LogP contribution is 2.30. The van der Waals surface area contributed by atoms with Crippen molar-refractivity contribution >= 4 is 0 Å². The van der Waals surface area contributed by atoms with Crippen molar-refractivity contribution in [3.05, 3.63) is 0 Å². The molecule has 2 atom stereocenters.